The Balaban J connectivity index is 0.000000151. The number of terminal acetylenes is 1. The fraction of sp³-hybridized carbons (Fsp3) is 0.205. The number of hydrogen-bond acceptors (Lipinski definition) is 12. The van der Waals surface area contributed by atoms with Gasteiger partial charge in [-0.1, -0.05) is 200 Å². The summed E-state index contributed by atoms with van der Waals surface area (Å²) in [6.07, 6.45) is 9.11. The predicted molar refractivity (Wildman–Crippen MR) is 397 cm³/mol. The molecule has 4 heterocycles. The topological polar surface area (TPSA) is 233 Å². The summed E-state index contributed by atoms with van der Waals surface area (Å²) < 4.78 is 52.7. The van der Waals surface area contributed by atoms with Gasteiger partial charge >= 0.3 is 46.9 Å². The first-order chi connectivity index (χ1) is 49.3. The maximum absolute atomic E-state index is 14.6. The van der Waals surface area contributed by atoms with E-state index in [0.29, 0.717) is 72.1 Å². The van der Waals surface area contributed by atoms with Gasteiger partial charge < -0.3 is 49.8 Å². The molecule has 2 aromatic heterocycles. The van der Waals surface area contributed by atoms with Crippen molar-refractivity contribution in [2.75, 3.05) is 26.4 Å². The minimum absolute atomic E-state index is 0.0439. The van der Waals surface area contributed by atoms with Crippen molar-refractivity contribution in [1.82, 2.24) is 19.1 Å². The van der Waals surface area contributed by atoms with E-state index in [9.17, 15) is 38.2 Å². The van der Waals surface area contributed by atoms with Crippen LogP contribution in [0.4, 0.5) is 8.78 Å². The molecule has 24 heteroatoms. The molecule has 2 amide bonds. The van der Waals surface area contributed by atoms with Gasteiger partial charge in [0.25, 0.3) is 11.8 Å². The Bertz CT molecular complexity index is 4280. The molecule has 0 spiro atoms. The first-order valence-corrected chi connectivity index (χ1v) is 39.6. The molecule has 2 aliphatic heterocycles. The third-order valence-electron chi connectivity index (χ3n) is 16.2. The fourth-order valence-corrected chi connectivity index (χ4v) is 16.2. The molecule has 528 valence electrons. The summed E-state index contributed by atoms with van der Waals surface area (Å²) in [4.78, 5) is 53.8. The third kappa shape index (κ3) is 20.5. The second kappa shape index (κ2) is 37.4. The number of esters is 2. The van der Waals surface area contributed by atoms with Gasteiger partial charge in [0.1, 0.15) is 70.6 Å². The van der Waals surface area contributed by atoms with Crippen LogP contribution in [0.5, 0.6) is 11.5 Å². The molecule has 6 N–H and O–H groups in total. The number of amides is 2. The van der Waals surface area contributed by atoms with Gasteiger partial charge in [-0.15, -0.1) is 6.42 Å². The average Bonchev–Trinajstić information content (AvgIpc) is 1.56. The van der Waals surface area contributed by atoms with Gasteiger partial charge in [0.2, 0.25) is 0 Å². The van der Waals surface area contributed by atoms with Crippen LogP contribution in [-0.4, -0.2) is 90.7 Å². The Labute approximate surface area is 617 Å². The first kappa shape index (κ1) is 77.3. The van der Waals surface area contributed by atoms with E-state index in [4.69, 9.17) is 55.9 Å². The molecular formula is C78H71BrCl2F2N6O10P2Pd. The second-order valence-electron chi connectivity index (χ2n) is 23.2. The summed E-state index contributed by atoms with van der Waals surface area (Å²) in [5, 5.41) is 28.2. The number of carbonyl (C=O) groups excluding carboxylic acids is 4. The molecule has 16 nitrogen and oxygen atoms in total. The van der Waals surface area contributed by atoms with Gasteiger partial charge in [0, 0.05) is 50.2 Å². The molecule has 102 heavy (non-hydrogen) atoms. The van der Waals surface area contributed by atoms with Gasteiger partial charge in [0.05, 0.1) is 59.3 Å². The second-order valence-corrected chi connectivity index (χ2v) is 30.9. The Morgan fingerprint density at radius 1 is 0.578 bits per heavy atom. The Morgan fingerprint density at radius 2 is 0.902 bits per heavy atom. The Hall–Kier alpha value is -8.86. The molecule has 0 bridgehead atoms. The number of halogens is 5. The van der Waals surface area contributed by atoms with Crippen LogP contribution in [0.15, 0.2) is 223 Å². The number of carbonyl (C=O) groups is 4. The molecule has 2 aliphatic carbocycles. The van der Waals surface area contributed by atoms with Crippen LogP contribution in [-0.2, 0) is 48.1 Å². The normalized spacial score (nSPS) is 16.9. The van der Waals surface area contributed by atoms with E-state index in [2.05, 4.69) is 226 Å². The monoisotopic (exact) mass is 1610 g/mol. The van der Waals surface area contributed by atoms with Gasteiger partial charge in [-0.05, 0) is 89.6 Å². The summed E-state index contributed by atoms with van der Waals surface area (Å²) in [6, 6.07) is 70.2. The van der Waals surface area contributed by atoms with Crippen molar-refractivity contribution in [3.63, 3.8) is 0 Å². The molecule has 0 saturated heterocycles. The van der Waals surface area contributed by atoms with Crippen molar-refractivity contribution in [3.05, 3.63) is 252 Å². The molecule has 0 radical (unpaired) electrons. The van der Waals surface area contributed by atoms with Crippen LogP contribution < -0.4 is 52.8 Å². The molecule has 2 saturated carbocycles. The number of ether oxygens (including phenoxy) is 4. The SMILES string of the molecule is C#CC1(O)CC(C(=O)OCC)C1.CCOC(=O)C1CC(O)(C#Cc2cc3c(cc2F)OCCn2cc(C(N)=O)nc2-3)C1.NC(=O)c1cn2c(n1)-c1cc(Br)c(F)cc1OCC2.[Cl][Pd][Cl].c1ccc(P(c2ccccc2)c2ccccc2)cc1.c1ccc(P(c2ccccc2)c2ccccc2)cc1. The van der Waals surface area contributed by atoms with Crippen LogP contribution in [0.2, 0.25) is 0 Å². The number of fused-ring (bicyclic) bond motifs is 6. The quantitative estimate of drug-likeness (QED) is 0.0387. The van der Waals surface area contributed by atoms with Crippen molar-refractivity contribution < 1.29 is 73.1 Å². The molecule has 4 aliphatic rings. The van der Waals surface area contributed by atoms with E-state index in [1.165, 1.54) is 56.2 Å². The zero-order valence-corrected chi connectivity index (χ0v) is 61.7. The predicted octanol–water partition coefficient (Wildman–Crippen LogP) is 11.8. The van der Waals surface area contributed by atoms with Gasteiger partial charge in [0.15, 0.2) is 0 Å². The number of aromatic nitrogens is 4. The standard InChI is InChI=1S/C21H20FN3O5.2C18H15P.C12H9BrFN3O2.C9H12O3.2ClH.Pd/c1-2-29-20(27)13-9-21(28,10-13)4-3-12-7-14-17(8-15(12)22)30-6-5-25-11-16(18(23)26)24-19(14)25;2*1-4-10-16(11-5-1)19(17-12-6-2-7-13-17)18-14-8-3-9-15-18;13-7-3-6-10(4-8(7)14)19-2-1-17-5-9(11(15)18)16-12(6)17;1-3-9(11)5-7(6-9)8(10)12-4-2;;;/h7-8,11,13,28H,2,5-6,9-10H2,1H3,(H2,23,26);2*1-15H;3-5H,1-2H2,(H2,15,18);1,7,11H,4-6H2,2H3;2*1H;/q;;;;;;;+2/p-2. The number of benzene rings is 8. The van der Waals surface area contributed by atoms with Crippen LogP contribution in [0, 0.1) is 47.7 Å². The number of aliphatic hydroxyl groups is 2. The number of rotatable bonds is 12. The summed E-state index contributed by atoms with van der Waals surface area (Å²) in [7, 11) is 8.74. The summed E-state index contributed by atoms with van der Waals surface area (Å²) >= 11 is 3.02. The number of primary amides is 2. The van der Waals surface area contributed by atoms with E-state index in [-0.39, 0.29) is 82.6 Å². The minimum atomic E-state index is -1.37. The first-order valence-electron chi connectivity index (χ1n) is 32.1. The van der Waals surface area contributed by atoms with Crippen molar-refractivity contribution in [2.24, 2.45) is 23.3 Å². The van der Waals surface area contributed by atoms with Gasteiger partial charge in [-0.3, -0.25) is 19.2 Å². The van der Waals surface area contributed by atoms with Crippen molar-refractivity contribution >= 4 is 106 Å². The Morgan fingerprint density at radius 3 is 1.23 bits per heavy atom. The van der Waals surface area contributed by atoms with E-state index < -0.39 is 56.4 Å². The molecule has 10 aromatic rings. The number of nitrogens with zero attached hydrogens (tertiary/aromatic N) is 4. The van der Waals surface area contributed by atoms with Crippen LogP contribution in [0.25, 0.3) is 22.8 Å². The number of hydrogen-bond donors (Lipinski definition) is 4. The van der Waals surface area contributed by atoms with Crippen LogP contribution >= 0.6 is 50.8 Å². The van der Waals surface area contributed by atoms with Crippen molar-refractivity contribution in [3.8, 4) is 58.5 Å². The molecule has 0 unspecified atom stereocenters. The molecule has 2 fully saturated rings. The molecular weight excluding hydrogens is 1540 g/mol. The number of nitrogens with two attached hydrogens (primary N) is 2. The third-order valence-corrected chi connectivity index (χ3v) is 21.7. The fourth-order valence-electron chi connectivity index (χ4n) is 11.2. The average molecular weight is 1610 g/mol. The largest absolute Gasteiger partial charge is 0.0622 e. The van der Waals surface area contributed by atoms with E-state index in [0.717, 1.165) is 0 Å². The maximum atomic E-state index is 14.6. The van der Waals surface area contributed by atoms with Gasteiger partial charge in [-0.2, -0.15) is 0 Å². The Kier molecular flexibility index (Phi) is 28.3. The van der Waals surface area contributed by atoms with E-state index in [1.54, 1.807) is 35.2 Å². The van der Waals surface area contributed by atoms with Crippen LogP contribution in [0.1, 0.15) is 66.1 Å². The van der Waals surface area contributed by atoms with Gasteiger partial charge in [-0.25, -0.2) is 18.7 Å². The maximum Gasteiger partial charge on any atom is -0.0134 e. The zero-order valence-electron chi connectivity index (χ0n) is 55.3. The summed E-state index contributed by atoms with van der Waals surface area (Å²) in [6.45, 7) is 5.70. The smallest absolute Gasteiger partial charge is 0.0134 e. The van der Waals surface area contributed by atoms with E-state index >= 15 is 0 Å². The molecule has 14 rings (SSSR count). The zero-order chi connectivity index (χ0) is 72.8. The number of imidazole rings is 2. The van der Waals surface area contributed by atoms with Crippen LogP contribution in [0.3, 0.4) is 0 Å². The van der Waals surface area contributed by atoms with Crippen molar-refractivity contribution in [2.45, 2.75) is 63.8 Å². The molecule has 0 atom stereocenters. The molecule has 8 aromatic carbocycles. The summed E-state index contributed by atoms with van der Waals surface area (Å²) in [5.74, 6) is 5.73. The minimum Gasteiger partial charge on any atom is -0.0622 e. The van der Waals surface area contributed by atoms with E-state index in [1.807, 2.05) is 0 Å². The summed E-state index contributed by atoms with van der Waals surface area (Å²) in [5.41, 5.74) is 9.53. The van der Waals surface area contributed by atoms with Crippen molar-refractivity contribution in [1.29, 1.82) is 0 Å².